The number of nitrogens with zero attached hydrogens (tertiary/aromatic N) is 3. The van der Waals surface area contributed by atoms with E-state index in [9.17, 15) is 4.79 Å². The van der Waals surface area contributed by atoms with Crippen LogP contribution in [0, 0.1) is 0 Å². The molecule has 37 heavy (non-hydrogen) atoms. The minimum atomic E-state index is 0.225. The Morgan fingerprint density at radius 1 is 0.865 bits per heavy atom. The summed E-state index contributed by atoms with van der Waals surface area (Å²) in [6, 6.07) is 20.2. The van der Waals surface area contributed by atoms with Gasteiger partial charge in [-0.3, -0.25) is 4.79 Å². The zero-order chi connectivity index (χ0) is 26.2. The number of carbonyl (C=O) groups excluding carboxylic acids is 1. The molecule has 0 radical (unpaired) electrons. The normalized spacial score (nSPS) is 11.1. The Kier molecular flexibility index (Phi) is 8.69. The highest BCUT2D eigenvalue weighted by atomic mass is 16.5. The van der Waals surface area contributed by atoms with Crippen LogP contribution in [0.25, 0.3) is 10.9 Å². The highest BCUT2D eigenvalue weighted by molar-refractivity contribution is 5.91. The average Bonchev–Trinajstić information content (AvgIpc) is 2.89. The smallest absolute Gasteiger partial charge is 0.162 e. The summed E-state index contributed by atoms with van der Waals surface area (Å²) in [7, 11) is 7.30. The minimum Gasteiger partial charge on any atom is -0.493 e. The van der Waals surface area contributed by atoms with Gasteiger partial charge >= 0.3 is 0 Å². The lowest BCUT2D eigenvalue weighted by Crippen LogP contribution is -2.14. The predicted octanol–water partition coefficient (Wildman–Crippen LogP) is 4.72. The van der Waals surface area contributed by atoms with Crippen LogP contribution >= 0.6 is 0 Å². The number of anilines is 1. The number of aromatic nitrogens is 2. The Bertz CT molecular complexity index is 1350. The van der Waals surface area contributed by atoms with Crippen LogP contribution in [0.5, 0.6) is 11.5 Å². The Balaban J connectivity index is 1.33. The number of fused-ring (bicyclic) bond motifs is 1. The first-order chi connectivity index (χ1) is 18.0. The molecule has 192 valence electrons. The predicted molar refractivity (Wildman–Crippen MR) is 148 cm³/mol. The first kappa shape index (κ1) is 26.1. The van der Waals surface area contributed by atoms with E-state index in [2.05, 4.69) is 56.6 Å². The number of hydrogen-bond donors (Lipinski definition) is 1. The number of carbonyl (C=O) groups is 1. The summed E-state index contributed by atoms with van der Waals surface area (Å²) in [6.07, 6.45) is 3.26. The van der Waals surface area contributed by atoms with Crippen molar-refractivity contribution in [3.63, 3.8) is 0 Å². The fourth-order valence-electron chi connectivity index (χ4n) is 4.40. The van der Waals surface area contributed by atoms with Crippen LogP contribution in [0.4, 0.5) is 5.82 Å². The number of Topliss-reactive ketones (excluding diaryl/α,β-unsaturated/α-hetero) is 1. The van der Waals surface area contributed by atoms with Gasteiger partial charge in [0.1, 0.15) is 17.9 Å². The zero-order valence-corrected chi connectivity index (χ0v) is 22.0. The molecule has 0 aliphatic heterocycles. The number of ketones is 1. The molecule has 3 aromatic carbocycles. The van der Waals surface area contributed by atoms with E-state index in [0.717, 1.165) is 40.8 Å². The molecule has 0 bridgehead atoms. The second-order valence-electron chi connectivity index (χ2n) is 9.34. The third-order valence-electron chi connectivity index (χ3n) is 6.26. The molecule has 0 saturated carbocycles. The molecular weight excluding hydrogens is 464 g/mol. The monoisotopic (exact) mass is 498 g/mol. The molecule has 0 amide bonds. The van der Waals surface area contributed by atoms with Crippen LogP contribution in [0.1, 0.15) is 22.3 Å². The quantitative estimate of drug-likeness (QED) is 0.303. The largest absolute Gasteiger partial charge is 0.493 e. The highest BCUT2D eigenvalue weighted by Crippen LogP contribution is 2.33. The molecule has 0 atom stereocenters. The topological polar surface area (TPSA) is 76.6 Å². The van der Waals surface area contributed by atoms with Crippen molar-refractivity contribution in [3.8, 4) is 11.5 Å². The summed E-state index contributed by atoms with van der Waals surface area (Å²) in [6.45, 7) is 1.54. The van der Waals surface area contributed by atoms with Crippen LogP contribution in [-0.2, 0) is 30.6 Å². The lowest BCUT2D eigenvalue weighted by molar-refractivity contribution is -0.117. The van der Waals surface area contributed by atoms with Gasteiger partial charge in [0, 0.05) is 37.4 Å². The fourth-order valence-corrected chi connectivity index (χ4v) is 4.40. The summed E-state index contributed by atoms with van der Waals surface area (Å²) in [5.74, 6) is 2.25. The fraction of sp³-hybridized carbons (Fsp3) is 0.300. The highest BCUT2D eigenvalue weighted by Gasteiger charge is 2.12. The van der Waals surface area contributed by atoms with Gasteiger partial charge in [-0.1, -0.05) is 48.5 Å². The van der Waals surface area contributed by atoms with Crippen molar-refractivity contribution in [2.75, 3.05) is 40.2 Å². The van der Waals surface area contributed by atoms with Gasteiger partial charge in [0.05, 0.1) is 19.7 Å². The summed E-state index contributed by atoms with van der Waals surface area (Å²) >= 11 is 0. The molecule has 1 heterocycles. The minimum absolute atomic E-state index is 0.225. The summed E-state index contributed by atoms with van der Waals surface area (Å²) in [5, 5.41) is 4.29. The number of hydrogen-bond acceptors (Lipinski definition) is 7. The van der Waals surface area contributed by atoms with Gasteiger partial charge in [0.2, 0.25) is 0 Å². The number of nitrogens with one attached hydrogen (secondary N) is 1. The molecule has 0 aliphatic rings. The summed E-state index contributed by atoms with van der Waals surface area (Å²) in [4.78, 5) is 23.7. The van der Waals surface area contributed by atoms with Crippen molar-refractivity contribution < 1.29 is 14.3 Å². The maximum Gasteiger partial charge on any atom is 0.162 e. The molecule has 0 aliphatic carbocycles. The Morgan fingerprint density at radius 2 is 1.54 bits per heavy atom. The van der Waals surface area contributed by atoms with E-state index in [1.807, 2.05) is 38.4 Å². The first-order valence-electron chi connectivity index (χ1n) is 12.4. The number of methoxy groups -OCH3 is 2. The number of benzene rings is 3. The van der Waals surface area contributed by atoms with E-state index in [4.69, 9.17) is 9.47 Å². The van der Waals surface area contributed by atoms with E-state index in [0.29, 0.717) is 30.9 Å². The zero-order valence-electron chi connectivity index (χ0n) is 22.0. The van der Waals surface area contributed by atoms with Crippen molar-refractivity contribution in [1.82, 2.24) is 14.9 Å². The molecule has 0 fully saturated rings. The van der Waals surface area contributed by atoms with Gasteiger partial charge in [-0.2, -0.15) is 0 Å². The molecular formula is C30H34N4O3. The van der Waals surface area contributed by atoms with Gasteiger partial charge < -0.3 is 19.7 Å². The van der Waals surface area contributed by atoms with Gasteiger partial charge in [0.25, 0.3) is 0 Å². The van der Waals surface area contributed by atoms with Crippen LogP contribution in [0.15, 0.2) is 67.0 Å². The van der Waals surface area contributed by atoms with E-state index < -0.39 is 0 Å². The third kappa shape index (κ3) is 6.83. The van der Waals surface area contributed by atoms with Gasteiger partial charge in [0.15, 0.2) is 11.5 Å². The lowest BCUT2D eigenvalue weighted by Gasteiger charge is -2.14. The van der Waals surface area contributed by atoms with Gasteiger partial charge in [-0.15, -0.1) is 0 Å². The Morgan fingerprint density at radius 3 is 2.24 bits per heavy atom. The van der Waals surface area contributed by atoms with E-state index in [-0.39, 0.29) is 5.78 Å². The van der Waals surface area contributed by atoms with Crippen molar-refractivity contribution in [1.29, 1.82) is 0 Å². The molecule has 4 rings (SSSR count). The molecule has 0 unspecified atom stereocenters. The maximum absolute atomic E-state index is 12.8. The second kappa shape index (κ2) is 12.3. The third-order valence-corrected chi connectivity index (χ3v) is 6.26. The standard InChI is InChI=1S/C30H34N4O3/c1-34(2)19-24-8-6-5-7-23(24)16-25(35)15-22-11-9-21(10-12-22)13-14-31-30-26-17-28(36-3)29(37-4)18-27(26)32-20-33-30/h5-12,17-18,20H,13-16,19H2,1-4H3,(H,31,32,33). The van der Waals surface area contributed by atoms with Crippen molar-refractivity contribution in [3.05, 3.63) is 89.2 Å². The van der Waals surface area contributed by atoms with Gasteiger partial charge in [-0.05, 0) is 48.8 Å². The first-order valence-corrected chi connectivity index (χ1v) is 12.4. The SMILES string of the molecule is COc1cc2ncnc(NCCc3ccc(CC(=O)Cc4ccccc4CN(C)C)cc3)c2cc1OC. The van der Waals surface area contributed by atoms with Crippen molar-refractivity contribution in [2.45, 2.75) is 25.8 Å². The van der Waals surface area contributed by atoms with Crippen LogP contribution in [-0.4, -0.2) is 55.5 Å². The Labute approximate surface area is 218 Å². The number of ether oxygens (including phenoxy) is 2. The maximum atomic E-state index is 12.8. The molecule has 1 aromatic heterocycles. The number of rotatable bonds is 12. The molecule has 1 N–H and O–H groups in total. The molecule has 4 aromatic rings. The molecule has 7 heteroatoms. The van der Waals surface area contributed by atoms with E-state index >= 15 is 0 Å². The summed E-state index contributed by atoms with van der Waals surface area (Å²) < 4.78 is 10.8. The molecule has 0 saturated heterocycles. The lowest BCUT2D eigenvalue weighted by atomic mass is 9.98. The Hall–Kier alpha value is -3.97. The van der Waals surface area contributed by atoms with Gasteiger partial charge in [-0.25, -0.2) is 9.97 Å². The van der Waals surface area contributed by atoms with Crippen molar-refractivity contribution >= 4 is 22.5 Å². The van der Waals surface area contributed by atoms with E-state index in [1.54, 1.807) is 20.5 Å². The summed E-state index contributed by atoms with van der Waals surface area (Å²) in [5.41, 5.74) is 5.33. The van der Waals surface area contributed by atoms with Crippen LogP contribution in [0.3, 0.4) is 0 Å². The van der Waals surface area contributed by atoms with Crippen LogP contribution < -0.4 is 14.8 Å². The van der Waals surface area contributed by atoms with Crippen LogP contribution in [0.2, 0.25) is 0 Å². The second-order valence-corrected chi connectivity index (χ2v) is 9.34. The van der Waals surface area contributed by atoms with E-state index in [1.165, 1.54) is 11.1 Å². The van der Waals surface area contributed by atoms with Crippen molar-refractivity contribution in [2.24, 2.45) is 0 Å². The molecule has 0 spiro atoms. The molecule has 7 nitrogen and oxygen atoms in total. The average molecular weight is 499 g/mol.